The molecule has 0 bridgehead atoms. The van der Waals surface area contributed by atoms with E-state index in [1.54, 1.807) is 4.57 Å². The molecule has 0 fully saturated rings. The van der Waals surface area contributed by atoms with Crippen molar-refractivity contribution in [2.45, 2.75) is 33.0 Å². The second kappa shape index (κ2) is 6.81. The van der Waals surface area contributed by atoms with Crippen molar-refractivity contribution in [1.82, 2.24) is 4.57 Å². The minimum atomic E-state index is -1.53. The lowest BCUT2D eigenvalue weighted by molar-refractivity contribution is 0.160. The van der Waals surface area contributed by atoms with E-state index in [0.717, 1.165) is 12.7 Å². The Morgan fingerprint density at radius 3 is 2.53 bits per heavy atom. The Bertz CT molecular complexity index is 216. The summed E-state index contributed by atoms with van der Waals surface area (Å²) in [6, 6.07) is 0. The van der Waals surface area contributed by atoms with E-state index in [0.29, 0.717) is 6.54 Å². The molecule has 88 valence electrons. The van der Waals surface area contributed by atoms with Crippen LogP contribution in [0.5, 0.6) is 0 Å². The Hall–Kier alpha value is -0.596. The minimum Gasteiger partial charge on any atom is -0.445 e. The molecule has 0 saturated heterocycles. The molecule has 0 aromatic heterocycles. The van der Waals surface area contributed by atoms with Crippen LogP contribution in [0.25, 0.3) is 0 Å². The first kappa shape index (κ1) is 14.4. The third kappa shape index (κ3) is 7.35. The molecule has 0 rings (SSSR count). The van der Waals surface area contributed by atoms with Gasteiger partial charge in [0.05, 0.1) is 6.26 Å². The molecule has 4 nitrogen and oxygen atoms in total. The van der Waals surface area contributed by atoms with E-state index in [1.807, 2.05) is 6.92 Å². The monoisotopic (exact) mass is 247 g/mol. The first-order valence-electron chi connectivity index (χ1n) is 5.11. The van der Waals surface area contributed by atoms with Crippen LogP contribution in [0.2, 0.25) is 19.6 Å². The van der Waals surface area contributed by atoms with Crippen LogP contribution in [0.1, 0.15) is 13.3 Å². The number of amides is 1. The van der Waals surface area contributed by atoms with Crippen LogP contribution >= 0.6 is 0 Å². The standard InChI is InChI=1S/C9H21NO3Si2/c1-6-8-10(9(11)12-7-2)14-13-15(3,4)5/h7H,2,6,8,14H2,1,3-5H3. The average Bonchev–Trinajstić information content (AvgIpc) is 2.11. The number of carbonyl (C=O) groups is 1. The van der Waals surface area contributed by atoms with E-state index in [-0.39, 0.29) is 6.09 Å². The van der Waals surface area contributed by atoms with Gasteiger partial charge in [-0.3, -0.25) is 0 Å². The third-order valence-electron chi connectivity index (χ3n) is 1.59. The Labute approximate surface area is 95.4 Å². The lowest BCUT2D eigenvalue weighted by atomic mass is 10.5. The number of carbonyl (C=O) groups excluding carboxylic acids is 1. The second-order valence-corrected chi connectivity index (χ2v) is 10.6. The summed E-state index contributed by atoms with van der Waals surface area (Å²) in [4.78, 5) is 11.5. The number of hydrogen-bond acceptors (Lipinski definition) is 3. The van der Waals surface area contributed by atoms with Gasteiger partial charge in [0, 0.05) is 6.54 Å². The lowest BCUT2D eigenvalue weighted by Gasteiger charge is -2.25. The summed E-state index contributed by atoms with van der Waals surface area (Å²) < 4.78 is 12.2. The zero-order valence-electron chi connectivity index (χ0n) is 10.1. The molecule has 0 N–H and O–H groups in total. The molecule has 6 heteroatoms. The average molecular weight is 247 g/mol. The molecule has 0 unspecified atom stereocenters. The lowest BCUT2D eigenvalue weighted by Crippen LogP contribution is -2.41. The van der Waals surface area contributed by atoms with Gasteiger partial charge in [-0.1, -0.05) is 13.5 Å². The summed E-state index contributed by atoms with van der Waals surface area (Å²) in [5, 5.41) is 0. The van der Waals surface area contributed by atoms with Gasteiger partial charge < -0.3 is 13.4 Å². The van der Waals surface area contributed by atoms with Gasteiger partial charge in [-0.05, 0) is 26.1 Å². The van der Waals surface area contributed by atoms with Crippen LogP contribution in [0.3, 0.4) is 0 Å². The Morgan fingerprint density at radius 1 is 1.53 bits per heavy atom. The molecule has 0 heterocycles. The highest BCUT2D eigenvalue weighted by Crippen LogP contribution is 2.04. The van der Waals surface area contributed by atoms with E-state index in [2.05, 4.69) is 26.2 Å². The molecule has 0 spiro atoms. The molecule has 0 saturated carbocycles. The summed E-state index contributed by atoms with van der Waals surface area (Å²) in [7, 11) is -2.52. The normalized spacial score (nSPS) is 11.7. The molecule has 1 amide bonds. The Kier molecular flexibility index (Phi) is 6.54. The molecule has 0 aromatic carbocycles. The number of nitrogens with zero attached hydrogens (tertiary/aromatic N) is 1. The molecular formula is C9H21NO3Si2. The van der Waals surface area contributed by atoms with Crippen LogP contribution in [0.15, 0.2) is 12.8 Å². The maximum absolute atomic E-state index is 11.5. The zero-order chi connectivity index (χ0) is 11.9. The SMILES string of the molecule is C=COC(=O)N(CCC)[SiH2]O[Si](C)(C)C. The van der Waals surface area contributed by atoms with Crippen molar-refractivity contribution >= 4 is 24.3 Å². The highest BCUT2D eigenvalue weighted by Gasteiger charge is 2.19. The topological polar surface area (TPSA) is 38.8 Å². The largest absolute Gasteiger partial charge is 0.445 e. The second-order valence-electron chi connectivity index (χ2n) is 4.20. The molecule has 0 aromatic rings. The Morgan fingerprint density at radius 2 is 2.13 bits per heavy atom. The van der Waals surface area contributed by atoms with Crippen molar-refractivity contribution in [3.05, 3.63) is 12.8 Å². The maximum atomic E-state index is 11.5. The van der Waals surface area contributed by atoms with Crippen molar-refractivity contribution in [3.63, 3.8) is 0 Å². The van der Waals surface area contributed by atoms with Crippen LogP contribution in [-0.4, -0.2) is 35.4 Å². The molecule has 0 atom stereocenters. The number of hydrogen-bond donors (Lipinski definition) is 0. The predicted molar refractivity (Wildman–Crippen MR) is 66.7 cm³/mol. The van der Waals surface area contributed by atoms with Crippen molar-refractivity contribution in [2.24, 2.45) is 0 Å². The summed E-state index contributed by atoms with van der Waals surface area (Å²) in [5.41, 5.74) is 0. The van der Waals surface area contributed by atoms with Crippen LogP contribution in [0.4, 0.5) is 4.79 Å². The highest BCUT2D eigenvalue weighted by molar-refractivity contribution is 6.73. The molecule has 0 aliphatic rings. The third-order valence-corrected chi connectivity index (χ3v) is 6.46. The van der Waals surface area contributed by atoms with Crippen molar-refractivity contribution in [3.8, 4) is 0 Å². The van der Waals surface area contributed by atoms with Crippen LogP contribution in [0, 0.1) is 0 Å². The predicted octanol–water partition coefficient (Wildman–Crippen LogP) is 1.83. The van der Waals surface area contributed by atoms with Gasteiger partial charge in [0.2, 0.25) is 0 Å². The fourth-order valence-corrected chi connectivity index (χ4v) is 3.69. The minimum absolute atomic E-state index is 0.336. The maximum Gasteiger partial charge on any atom is 0.407 e. The molecule has 0 aliphatic heterocycles. The van der Waals surface area contributed by atoms with Crippen LogP contribution < -0.4 is 0 Å². The number of rotatable bonds is 6. The van der Waals surface area contributed by atoms with Gasteiger partial charge in [0.25, 0.3) is 9.92 Å². The number of ether oxygens (including phenoxy) is 1. The van der Waals surface area contributed by atoms with Gasteiger partial charge in [-0.25, -0.2) is 4.79 Å². The van der Waals surface area contributed by atoms with Crippen molar-refractivity contribution < 1.29 is 13.6 Å². The molecule has 0 radical (unpaired) electrons. The summed E-state index contributed by atoms with van der Waals surface area (Å²) in [6.45, 7) is 12.4. The summed E-state index contributed by atoms with van der Waals surface area (Å²) in [5.74, 6) is 0. The van der Waals surface area contributed by atoms with Crippen LogP contribution in [-0.2, 0) is 8.85 Å². The summed E-state index contributed by atoms with van der Waals surface area (Å²) in [6.07, 6.45) is 1.74. The summed E-state index contributed by atoms with van der Waals surface area (Å²) >= 11 is 0. The van der Waals surface area contributed by atoms with E-state index in [9.17, 15) is 4.79 Å². The van der Waals surface area contributed by atoms with Gasteiger partial charge in [-0.2, -0.15) is 0 Å². The Balaban J connectivity index is 4.15. The molecular weight excluding hydrogens is 226 g/mol. The van der Waals surface area contributed by atoms with Gasteiger partial charge in [0.15, 0.2) is 8.32 Å². The van der Waals surface area contributed by atoms with E-state index in [1.165, 1.54) is 0 Å². The van der Waals surface area contributed by atoms with Gasteiger partial charge in [0.1, 0.15) is 0 Å². The first-order valence-corrected chi connectivity index (χ1v) is 9.73. The van der Waals surface area contributed by atoms with E-state index in [4.69, 9.17) is 8.85 Å². The van der Waals surface area contributed by atoms with E-state index >= 15 is 0 Å². The van der Waals surface area contributed by atoms with Gasteiger partial charge >= 0.3 is 6.09 Å². The fraction of sp³-hybridized carbons (Fsp3) is 0.667. The smallest absolute Gasteiger partial charge is 0.407 e. The first-order chi connectivity index (χ1) is 6.90. The van der Waals surface area contributed by atoms with E-state index < -0.39 is 18.2 Å². The van der Waals surface area contributed by atoms with Crippen molar-refractivity contribution in [2.75, 3.05) is 6.54 Å². The van der Waals surface area contributed by atoms with Gasteiger partial charge in [-0.15, -0.1) is 0 Å². The fourth-order valence-electron chi connectivity index (χ4n) is 0.896. The zero-order valence-corrected chi connectivity index (χ0v) is 12.5. The quantitative estimate of drug-likeness (QED) is 0.531. The van der Waals surface area contributed by atoms with Crippen molar-refractivity contribution in [1.29, 1.82) is 0 Å². The molecule has 15 heavy (non-hydrogen) atoms. The highest BCUT2D eigenvalue weighted by atomic mass is 28.4. The molecule has 0 aliphatic carbocycles.